The van der Waals surface area contributed by atoms with E-state index in [1.807, 2.05) is 0 Å². The molecular formula is C14H18F6O5. The quantitative estimate of drug-likeness (QED) is 0.292. The molecule has 0 radical (unpaired) electrons. The van der Waals surface area contributed by atoms with Crippen LogP contribution in [0.5, 0.6) is 0 Å². The summed E-state index contributed by atoms with van der Waals surface area (Å²) in [6.07, 6.45) is -6.98. The summed E-state index contributed by atoms with van der Waals surface area (Å²) in [6.45, 7) is 5.09. The Hall–Kier alpha value is -1.78. The lowest BCUT2D eigenvalue weighted by Gasteiger charge is -2.34. The van der Waals surface area contributed by atoms with Gasteiger partial charge in [-0.15, -0.1) is 0 Å². The third-order valence-electron chi connectivity index (χ3n) is 2.35. The Balaban J connectivity index is 5.86. The maximum atomic E-state index is 13.4. The molecule has 0 aromatic carbocycles. The molecule has 0 amide bonds. The van der Waals surface area contributed by atoms with Gasteiger partial charge >= 0.3 is 23.9 Å². The normalized spacial score (nSPS) is 15.3. The number of esters is 2. The van der Waals surface area contributed by atoms with Crippen LogP contribution in [0.15, 0.2) is 12.4 Å². The Morgan fingerprint density at radius 2 is 1.44 bits per heavy atom. The van der Waals surface area contributed by atoms with Crippen molar-refractivity contribution in [1.29, 1.82) is 0 Å². The van der Waals surface area contributed by atoms with Gasteiger partial charge in [0, 0.05) is 6.42 Å². The van der Waals surface area contributed by atoms with Crippen LogP contribution in [0.3, 0.4) is 0 Å². The van der Waals surface area contributed by atoms with Crippen LogP contribution in [0.2, 0.25) is 0 Å². The minimum Gasteiger partial charge on any atom is -0.455 e. The molecule has 1 atom stereocenters. The molecule has 0 aliphatic carbocycles. The molecular weight excluding hydrogens is 362 g/mol. The van der Waals surface area contributed by atoms with Gasteiger partial charge in [-0.25, -0.2) is 18.4 Å². The fraction of sp³-hybridized carbons (Fsp3) is 0.714. The van der Waals surface area contributed by atoms with Gasteiger partial charge in [0.15, 0.2) is 0 Å². The van der Waals surface area contributed by atoms with E-state index in [9.17, 15) is 35.9 Å². The van der Waals surface area contributed by atoms with Gasteiger partial charge in [-0.2, -0.15) is 17.6 Å². The fourth-order valence-electron chi connectivity index (χ4n) is 1.29. The molecule has 0 aromatic heterocycles. The van der Waals surface area contributed by atoms with Crippen LogP contribution < -0.4 is 0 Å². The maximum Gasteiger partial charge on any atom is 0.468 e. The summed E-state index contributed by atoms with van der Waals surface area (Å²) in [5, 5.41) is 0. The Morgan fingerprint density at radius 1 is 0.960 bits per heavy atom. The van der Waals surface area contributed by atoms with E-state index in [0.717, 1.165) is 0 Å². The summed E-state index contributed by atoms with van der Waals surface area (Å²) in [4.78, 5) is 23.2. The number of hydrogen-bond acceptors (Lipinski definition) is 5. The first-order chi connectivity index (χ1) is 10.9. The largest absolute Gasteiger partial charge is 0.468 e. The zero-order valence-corrected chi connectivity index (χ0v) is 13.9. The molecule has 0 bridgehead atoms. The van der Waals surface area contributed by atoms with Crippen LogP contribution in [0, 0.1) is 0 Å². The molecule has 0 saturated heterocycles. The minimum absolute atomic E-state index is 0.397. The molecule has 0 rings (SSSR count). The molecule has 0 saturated carbocycles. The molecule has 1 unspecified atom stereocenters. The van der Waals surface area contributed by atoms with E-state index < -0.39 is 54.3 Å². The highest BCUT2D eigenvalue weighted by atomic mass is 19.4. The number of rotatable bonds is 7. The van der Waals surface area contributed by atoms with E-state index in [2.05, 4.69) is 20.8 Å². The topological polar surface area (TPSA) is 61.8 Å². The highest BCUT2D eigenvalue weighted by Gasteiger charge is 2.68. The molecule has 0 aromatic rings. The van der Waals surface area contributed by atoms with Crippen molar-refractivity contribution in [3.8, 4) is 0 Å². The summed E-state index contributed by atoms with van der Waals surface area (Å²) in [7, 11) is 0. The lowest BCUT2D eigenvalue weighted by Crippen LogP contribution is -2.59. The first-order valence-electron chi connectivity index (χ1n) is 6.81. The van der Waals surface area contributed by atoms with Gasteiger partial charge in [-0.05, 0) is 27.7 Å². The number of ether oxygens (including phenoxy) is 3. The van der Waals surface area contributed by atoms with Crippen LogP contribution in [-0.2, 0) is 23.8 Å². The Labute approximate surface area is 139 Å². The van der Waals surface area contributed by atoms with Crippen molar-refractivity contribution in [3.05, 3.63) is 12.4 Å². The van der Waals surface area contributed by atoms with Crippen LogP contribution in [0.1, 0.15) is 34.1 Å². The molecule has 0 N–H and O–H groups in total. The summed E-state index contributed by atoms with van der Waals surface area (Å²) < 4.78 is 91.0. The molecule has 0 aliphatic heterocycles. The van der Waals surface area contributed by atoms with Gasteiger partial charge in [0.1, 0.15) is 5.60 Å². The van der Waals surface area contributed by atoms with Crippen molar-refractivity contribution < 1.29 is 50.1 Å². The zero-order valence-electron chi connectivity index (χ0n) is 13.9. The minimum atomic E-state index is -5.75. The lowest BCUT2D eigenvalue weighted by molar-refractivity contribution is -0.358. The van der Waals surface area contributed by atoms with E-state index in [1.54, 1.807) is 0 Å². The second-order valence-electron chi connectivity index (χ2n) is 6.08. The third-order valence-corrected chi connectivity index (χ3v) is 2.35. The highest BCUT2D eigenvalue weighted by molar-refractivity contribution is 5.89. The van der Waals surface area contributed by atoms with Crippen molar-refractivity contribution >= 4 is 11.9 Å². The van der Waals surface area contributed by atoms with E-state index in [0.29, 0.717) is 6.92 Å². The van der Waals surface area contributed by atoms with Gasteiger partial charge in [0.25, 0.3) is 0 Å². The molecule has 11 heteroatoms. The second-order valence-corrected chi connectivity index (χ2v) is 6.08. The molecule has 0 aliphatic rings. The number of carbonyl (C=O) groups is 2. The monoisotopic (exact) mass is 380 g/mol. The van der Waals surface area contributed by atoms with Gasteiger partial charge in [0.2, 0.25) is 11.7 Å². The lowest BCUT2D eigenvalue weighted by atomic mass is 10.1. The average molecular weight is 380 g/mol. The molecule has 0 fully saturated rings. The van der Waals surface area contributed by atoms with Crippen molar-refractivity contribution in [3.63, 3.8) is 0 Å². The van der Waals surface area contributed by atoms with Crippen LogP contribution in [0.25, 0.3) is 0 Å². The van der Waals surface area contributed by atoms with E-state index in [-0.39, 0.29) is 0 Å². The summed E-state index contributed by atoms with van der Waals surface area (Å²) in [5.41, 5.74) is -1.48. The number of carbonyl (C=O) groups excluding carboxylic acids is 2. The van der Waals surface area contributed by atoms with E-state index in [1.165, 1.54) is 20.8 Å². The van der Waals surface area contributed by atoms with Crippen LogP contribution in [-0.4, -0.2) is 42.0 Å². The summed E-state index contributed by atoms with van der Waals surface area (Å²) in [6, 6.07) is 0. The second kappa shape index (κ2) is 7.63. The van der Waals surface area contributed by atoms with Gasteiger partial charge in [-0.3, -0.25) is 0 Å². The first-order valence-corrected chi connectivity index (χ1v) is 6.81. The molecule has 25 heavy (non-hydrogen) atoms. The smallest absolute Gasteiger partial charge is 0.455 e. The highest BCUT2D eigenvalue weighted by Crippen LogP contribution is 2.38. The number of halogens is 6. The van der Waals surface area contributed by atoms with E-state index >= 15 is 0 Å². The molecule has 0 heterocycles. The molecule has 0 spiro atoms. The predicted molar refractivity (Wildman–Crippen MR) is 72.2 cm³/mol. The van der Waals surface area contributed by atoms with Crippen molar-refractivity contribution in [2.45, 2.75) is 57.6 Å². The Kier molecular flexibility index (Phi) is 7.08. The van der Waals surface area contributed by atoms with Crippen molar-refractivity contribution in [2.24, 2.45) is 0 Å². The van der Waals surface area contributed by atoms with Crippen molar-refractivity contribution in [1.82, 2.24) is 0 Å². The summed E-state index contributed by atoms with van der Waals surface area (Å²) in [5.74, 6) is -14.3. The van der Waals surface area contributed by atoms with Gasteiger partial charge < -0.3 is 14.2 Å². The number of hydrogen-bond donors (Lipinski definition) is 0. The Bertz CT molecular complexity index is 517. The van der Waals surface area contributed by atoms with Gasteiger partial charge in [-0.1, -0.05) is 6.58 Å². The Morgan fingerprint density at radius 3 is 1.76 bits per heavy atom. The fourth-order valence-corrected chi connectivity index (χ4v) is 1.29. The van der Waals surface area contributed by atoms with Crippen LogP contribution in [0.4, 0.5) is 26.3 Å². The van der Waals surface area contributed by atoms with E-state index in [4.69, 9.17) is 0 Å². The standard InChI is InChI=1S/C14H18F6O5/c1-8(15)9(21)24-13(14(18,19)20,10(22)25-11(2,3)4)23-7-6-12(5,16)17/h1,6-7H2,2-5H3. The summed E-state index contributed by atoms with van der Waals surface area (Å²) >= 11 is 0. The predicted octanol–water partition coefficient (Wildman–Crippen LogP) is 3.68. The first kappa shape index (κ1) is 23.2. The van der Waals surface area contributed by atoms with Gasteiger partial charge in [0.05, 0.1) is 6.61 Å². The third kappa shape index (κ3) is 7.32. The molecule has 5 nitrogen and oxygen atoms in total. The SMILES string of the molecule is C=C(F)C(=O)OC(OCCC(C)(F)F)(C(=O)OC(C)(C)C)C(F)(F)F. The molecule has 146 valence electrons. The average Bonchev–Trinajstić information content (AvgIpc) is 2.31. The maximum absolute atomic E-state index is 13.4. The van der Waals surface area contributed by atoms with Crippen molar-refractivity contribution in [2.75, 3.05) is 6.61 Å². The van der Waals surface area contributed by atoms with Crippen LogP contribution >= 0.6 is 0 Å². The zero-order chi connectivity index (χ0) is 20.3. The number of alkyl halides is 5.